The number of aryl methyl sites for hydroxylation is 1. The predicted molar refractivity (Wildman–Crippen MR) is 118 cm³/mol. The van der Waals surface area contributed by atoms with E-state index in [-0.39, 0.29) is 17.8 Å². The number of ether oxygens (including phenoxy) is 3. The summed E-state index contributed by atoms with van der Waals surface area (Å²) in [4.78, 5) is 25.1. The van der Waals surface area contributed by atoms with Crippen LogP contribution < -0.4 is 4.74 Å². The molecule has 2 aromatic rings. The van der Waals surface area contributed by atoms with E-state index in [9.17, 15) is 9.59 Å². The molecule has 2 aromatic carbocycles. The summed E-state index contributed by atoms with van der Waals surface area (Å²) in [5, 5.41) is 0. The van der Waals surface area contributed by atoms with Crippen LogP contribution in [-0.2, 0) is 9.47 Å². The molecule has 4 rings (SSSR count). The van der Waals surface area contributed by atoms with E-state index in [0.717, 1.165) is 43.2 Å². The number of benzene rings is 2. The van der Waals surface area contributed by atoms with Crippen LogP contribution >= 0.6 is 0 Å². The first-order chi connectivity index (χ1) is 15.1. The van der Waals surface area contributed by atoms with Gasteiger partial charge in [0.25, 0.3) is 0 Å². The van der Waals surface area contributed by atoms with E-state index in [1.165, 1.54) is 24.7 Å². The number of methoxy groups -OCH3 is 1. The molecule has 0 bridgehead atoms. The van der Waals surface area contributed by atoms with Crippen molar-refractivity contribution in [2.75, 3.05) is 7.11 Å². The number of rotatable bonds is 4. The number of hydrogen-bond donors (Lipinski definition) is 0. The molecule has 1 atom stereocenters. The van der Waals surface area contributed by atoms with Gasteiger partial charge in [-0.25, -0.2) is 9.59 Å². The first kappa shape index (κ1) is 21.2. The molecule has 0 N–H and O–H groups in total. The van der Waals surface area contributed by atoms with Crippen LogP contribution in [0.5, 0.6) is 5.75 Å². The van der Waals surface area contributed by atoms with Crippen molar-refractivity contribution in [2.24, 2.45) is 0 Å². The third-order valence-corrected chi connectivity index (χ3v) is 6.14. The average molecular weight is 421 g/mol. The Hall–Kier alpha value is -3.08. The highest BCUT2D eigenvalue weighted by Crippen LogP contribution is 2.40. The van der Waals surface area contributed by atoms with Crippen molar-refractivity contribution in [3.63, 3.8) is 0 Å². The quantitative estimate of drug-likeness (QED) is 0.437. The van der Waals surface area contributed by atoms with Gasteiger partial charge in [0.1, 0.15) is 17.4 Å². The Balaban J connectivity index is 1.74. The van der Waals surface area contributed by atoms with Gasteiger partial charge in [-0.1, -0.05) is 54.5 Å². The van der Waals surface area contributed by atoms with Gasteiger partial charge in [0.05, 0.1) is 7.11 Å². The summed E-state index contributed by atoms with van der Waals surface area (Å²) in [5.41, 5.74) is 4.46. The van der Waals surface area contributed by atoms with E-state index in [1.54, 1.807) is 6.07 Å². The van der Waals surface area contributed by atoms with Gasteiger partial charge in [0.15, 0.2) is 0 Å². The summed E-state index contributed by atoms with van der Waals surface area (Å²) >= 11 is 0. The highest BCUT2D eigenvalue weighted by Gasteiger charge is 2.29. The van der Waals surface area contributed by atoms with Crippen LogP contribution in [0.1, 0.15) is 77.1 Å². The highest BCUT2D eigenvalue weighted by molar-refractivity contribution is 5.98. The van der Waals surface area contributed by atoms with E-state index >= 15 is 0 Å². The van der Waals surface area contributed by atoms with Gasteiger partial charge >= 0.3 is 12.1 Å². The molecule has 0 aliphatic heterocycles. The monoisotopic (exact) mass is 420 g/mol. The van der Waals surface area contributed by atoms with Crippen LogP contribution in [0.4, 0.5) is 4.79 Å². The Morgan fingerprint density at radius 2 is 1.71 bits per heavy atom. The second-order valence-electron chi connectivity index (χ2n) is 8.26. The minimum Gasteiger partial charge on any atom is -0.459 e. The topological polar surface area (TPSA) is 61.8 Å². The van der Waals surface area contributed by atoms with E-state index < -0.39 is 12.1 Å². The number of allylic oxidation sites excluding steroid dienone is 1. The molecule has 5 heteroatoms. The van der Waals surface area contributed by atoms with E-state index in [2.05, 4.69) is 42.0 Å². The zero-order chi connectivity index (χ0) is 21.8. The minimum absolute atomic E-state index is 0.0939. The maximum absolute atomic E-state index is 13.3. The molecule has 5 nitrogen and oxygen atoms in total. The van der Waals surface area contributed by atoms with Crippen molar-refractivity contribution >= 4 is 18.2 Å². The highest BCUT2D eigenvalue weighted by atomic mass is 16.7. The standard InChI is InChI=1S/C26H28O5/c1-17-11-13-18(14-12-17)20-9-6-10-22-21(20)15-16-23(31-26(28)29-2)24(22)25(27)30-19-7-4-3-5-8-19/h6,10-16,19-20H,3-5,7-9H2,1-2H3. The molecule has 0 aromatic heterocycles. The maximum Gasteiger partial charge on any atom is 0.513 e. The molecule has 1 saturated carbocycles. The number of fused-ring (bicyclic) bond motifs is 1. The van der Waals surface area contributed by atoms with E-state index in [0.29, 0.717) is 5.56 Å². The van der Waals surface area contributed by atoms with Gasteiger partial charge in [0, 0.05) is 5.92 Å². The number of carbonyl (C=O) groups excluding carboxylic acids is 2. The van der Waals surface area contributed by atoms with Crippen molar-refractivity contribution in [2.45, 2.75) is 57.5 Å². The maximum atomic E-state index is 13.3. The van der Waals surface area contributed by atoms with Crippen molar-refractivity contribution in [3.8, 4) is 5.75 Å². The summed E-state index contributed by atoms with van der Waals surface area (Å²) in [6, 6.07) is 12.1. The fourth-order valence-electron chi connectivity index (χ4n) is 4.48. The number of carbonyl (C=O) groups is 2. The van der Waals surface area contributed by atoms with Crippen LogP contribution in [0.2, 0.25) is 0 Å². The molecule has 0 amide bonds. The summed E-state index contributed by atoms with van der Waals surface area (Å²) in [5.74, 6) is -0.161. The molecule has 0 heterocycles. The molecule has 2 aliphatic carbocycles. The van der Waals surface area contributed by atoms with Crippen molar-refractivity contribution < 1.29 is 23.8 Å². The lowest BCUT2D eigenvalue weighted by Gasteiger charge is -2.26. The zero-order valence-corrected chi connectivity index (χ0v) is 18.1. The fourth-order valence-corrected chi connectivity index (χ4v) is 4.48. The van der Waals surface area contributed by atoms with Crippen LogP contribution in [0.3, 0.4) is 0 Å². The first-order valence-corrected chi connectivity index (χ1v) is 10.9. The second kappa shape index (κ2) is 9.38. The Kier molecular flexibility index (Phi) is 6.40. The van der Waals surface area contributed by atoms with Gasteiger partial charge in [-0.3, -0.25) is 0 Å². The van der Waals surface area contributed by atoms with Gasteiger partial charge in [-0.2, -0.15) is 0 Å². The molecular formula is C26H28O5. The van der Waals surface area contributed by atoms with Gasteiger partial charge in [0.2, 0.25) is 0 Å². The molecular weight excluding hydrogens is 392 g/mol. The van der Waals surface area contributed by atoms with Crippen molar-refractivity contribution in [3.05, 3.63) is 70.3 Å². The molecule has 31 heavy (non-hydrogen) atoms. The summed E-state index contributed by atoms with van der Waals surface area (Å²) < 4.78 is 15.8. The smallest absolute Gasteiger partial charge is 0.459 e. The number of hydrogen-bond acceptors (Lipinski definition) is 5. The second-order valence-corrected chi connectivity index (χ2v) is 8.26. The lowest BCUT2D eigenvalue weighted by Crippen LogP contribution is -2.23. The molecule has 2 aliphatic rings. The molecule has 0 saturated heterocycles. The first-order valence-electron chi connectivity index (χ1n) is 10.9. The van der Waals surface area contributed by atoms with Crippen molar-refractivity contribution in [1.82, 2.24) is 0 Å². The van der Waals surface area contributed by atoms with E-state index in [4.69, 9.17) is 9.47 Å². The largest absolute Gasteiger partial charge is 0.513 e. The molecule has 0 radical (unpaired) electrons. The third-order valence-electron chi connectivity index (χ3n) is 6.14. The lowest BCUT2D eigenvalue weighted by molar-refractivity contribution is 0.0207. The Labute approximate surface area is 183 Å². The lowest BCUT2D eigenvalue weighted by atomic mass is 9.80. The Morgan fingerprint density at radius 3 is 2.42 bits per heavy atom. The van der Waals surface area contributed by atoms with E-state index in [1.807, 2.05) is 12.1 Å². The fraction of sp³-hybridized carbons (Fsp3) is 0.385. The number of esters is 1. The molecule has 162 valence electrons. The Morgan fingerprint density at radius 1 is 0.968 bits per heavy atom. The third kappa shape index (κ3) is 4.66. The van der Waals surface area contributed by atoms with Gasteiger partial charge in [-0.05, 0) is 61.8 Å². The molecule has 0 spiro atoms. The van der Waals surface area contributed by atoms with Gasteiger partial charge < -0.3 is 14.2 Å². The van der Waals surface area contributed by atoms with Crippen LogP contribution in [0.25, 0.3) is 6.08 Å². The molecule has 1 unspecified atom stereocenters. The van der Waals surface area contributed by atoms with Crippen LogP contribution in [0, 0.1) is 6.92 Å². The van der Waals surface area contributed by atoms with Crippen molar-refractivity contribution in [1.29, 1.82) is 0 Å². The zero-order valence-electron chi connectivity index (χ0n) is 18.1. The summed E-state index contributed by atoms with van der Waals surface area (Å²) in [7, 11) is 1.24. The predicted octanol–water partition coefficient (Wildman–Crippen LogP) is 6.18. The average Bonchev–Trinajstić information content (AvgIpc) is 2.79. The summed E-state index contributed by atoms with van der Waals surface area (Å²) in [6.45, 7) is 2.06. The SMILES string of the molecule is COC(=O)Oc1ccc2c(c1C(=O)OC1CCCCC1)C=CCC2c1ccc(C)cc1. The minimum atomic E-state index is -0.860. The molecule has 1 fully saturated rings. The summed E-state index contributed by atoms with van der Waals surface area (Å²) in [6.07, 6.45) is 8.92. The van der Waals surface area contributed by atoms with Gasteiger partial charge in [-0.15, -0.1) is 0 Å². The van der Waals surface area contributed by atoms with Crippen LogP contribution in [0.15, 0.2) is 42.5 Å². The Bertz CT molecular complexity index is 984. The normalized spacial score (nSPS) is 18.2. The van der Waals surface area contributed by atoms with Crippen LogP contribution in [-0.4, -0.2) is 25.3 Å².